The molecule has 0 saturated heterocycles. The molecule has 4 rings (SSSR count). The third-order valence-electron chi connectivity index (χ3n) is 4.31. The summed E-state index contributed by atoms with van der Waals surface area (Å²) in [6, 6.07) is 11.5. The maximum absolute atomic E-state index is 5.95. The van der Waals surface area contributed by atoms with Crippen LogP contribution in [0.25, 0.3) is 11.4 Å². The fourth-order valence-electron chi connectivity index (χ4n) is 3.01. The van der Waals surface area contributed by atoms with Gasteiger partial charge in [-0.1, -0.05) is 29.3 Å². The van der Waals surface area contributed by atoms with Crippen LogP contribution in [0.3, 0.4) is 0 Å². The van der Waals surface area contributed by atoms with E-state index >= 15 is 0 Å². The van der Waals surface area contributed by atoms with Gasteiger partial charge in [-0.2, -0.15) is 0 Å². The Labute approximate surface area is 156 Å². The molecule has 0 fully saturated rings. The van der Waals surface area contributed by atoms with Crippen LogP contribution in [0, 0.1) is 0 Å². The molecule has 0 spiro atoms. The van der Waals surface area contributed by atoms with Crippen LogP contribution >= 0.6 is 23.2 Å². The van der Waals surface area contributed by atoms with E-state index in [1.54, 1.807) is 0 Å². The molecule has 0 bridgehead atoms. The molecular formula is C19H16Cl2N4. The summed E-state index contributed by atoms with van der Waals surface area (Å²) in [5.74, 6) is 0.755. The van der Waals surface area contributed by atoms with Crippen molar-refractivity contribution in [3.63, 3.8) is 0 Å². The maximum Gasteiger partial charge on any atom is 0.159 e. The molecule has 0 amide bonds. The number of hydrogen-bond donors (Lipinski definition) is 0. The lowest BCUT2D eigenvalue weighted by Gasteiger charge is -2.28. The molecule has 0 N–H and O–H groups in total. The van der Waals surface area contributed by atoms with Gasteiger partial charge in [-0.3, -0.25) is 4.90 Å². The van der Waals surface area contributed by atoms with E-state index in [9.17, 15) is 0 Å². The Hall–Kier alpha value is -2.01. The number of benzene rings is 1. The monoisotopic (exact) mass is 370 g/mol. The summed E-state index contributed by atoms with van der Waals surface area (Å²) in [7, 11) is 0. The first-order valence-corrected chi connectivity index (χ1v) is 8.86. The molecule has 1 aromatic carbocycles. The first kappa shape index (κ1) is 16.5. The SMILES string of the molecule is Clc1ccc(-c2ncc3c(n2)CCN(Cc2ccc(Cl)nc2)C3)cc1. The lowest BCUT2D eigenvalue weighted by molar-refractivity contribution is 0.242. The van der Waals surface area contributed by atoms with E-state index in [1.165, 1.54) is 5.56 Å². The van der Waals surface area contributed by atoms with Gasteiger partial charge >= 0.3 is 0 Å². The van der Waals surface area contributed by atoms with Gasteiger partial charge in [0.25, 0.3) is 0 Å². The highest BCUT2D eigenvalue weighted by Crippen LogP contribution is 2.23. The zero-order valence-electron chi connectivity index (χ0n) is 13.5. The Balaban J connectivity index is 1.50. The first-order valence-electron chi connectivity index (χ1n) is 8.11. The van der Waals surface area contributed by atoms with Crippen LogP contribution in [0.1, 0.15) is 16.8 Å². The summed E-state index contributed by atoms with van der Waals surface area (Å²) in [6.45, 7) is 2.66. The summed E-state index contributed by atoms with van der Waals surface area (Å²) in [6.07, 6.45) is 4.69. The molecule has 0 unspecified atom stereocenters. The molecule has 25 heavy (non-hydrogen) atoms. The van der Waals surface area contributed by atoms with Gasteiger partial charge in [-0.05, 0) is 35.9 Å². The molecule has 0 radical (unpaired) electrons. The van der Waals surface area contributed by atoms with Gasteiger partial charge in [-0.25, -0.2) is 15.0 Å². The van der Waals surface area contributed by atoms with Crippen molar-refractivity contribution < 1.29 is 0 Å². The Kier molecular flexibility index (Phi) is 4.66. The average Bonchev–Trinajstić information content (AvgIpc) is 2.64. The molecule has 3 heterocycles. The topological polar surface area (TPSA) is 41.9 Å². The van der Waals surface area contributed by atoms with Gasteiger partial charge in [0, 0.05) is 54.6 Å². The van der Waals surface area contributed by atoms with Crippen molar-refractivity contribution in [2.75, 3.05) is 6.54 Å². The van der Waals surface area contributed by atoms with E-state index < -0.39 is 0 Å². The number of pyridine rings is 1. The van der Waals surface area contributed by atoms with Crippen molar-refractivity contribution in [2.24, 2.45) is 0 Å². The Morgan fingerprint density at radius 3 is 2.56 bits per heavy atom. The standard InChI is InChI=1S/C19H16Cl2N4/c20-16-4-2-14(3-5-16)19-23-10-15-12-25(8-7-17(15)24-19)11-13-1-6-18(21)22-9-13/h1-6,9-10H,7-8,11-12H2. The molecule has 6 heteroatoms. The van der Waals surface area contributed by atoms with Gasteiger partial charge < -0.3 is 0 Å². The number of aromatic nitrogens is 3. The van der Waals surface area contributed by atoms with E-state index in [0.717, 1.165) is 48.7 Å². The Morgan fingerprint density at radius 2 is 1.80 bits per heavy atom. The molecule has 3 aromatic rings. The predicted octanol–water partition coefficient (Wildman–Crippen LogP) is 4.40. The molecule has 4 nitrogen and oxygen atoms in total. The van der Waals surface area contributed by atoms with Crippen molar-refractivity contribution >= 4 is 23.2 Å². The van der Waals surface area contributed by atoms with Crippen molar-refractivity contribution in [1.29, 1.82) is 0 Å². The quantitative estimate of drug-likeness (QED) is 0.640. The predicted molar refractivity (Wildman–Crippen MR) is 99.5 cm³/mol. The summed E-state index contributed by atoms with van der Waals surface area (Å²) < 4.78 is 0. The van der Waals surface area contributed by atoms with Crippen LogP contribution in [-0.2, 0) is 19.5 Å². The molecular weight excluding hydrogens is 355 g/mol. The van der Waals surface area contributed by atoms with Crippen LogP contribution < -0.4 is 0 Å². The van der Waals surface area contributed by atoms with Gasteiger partial charge in [-0.15, -0.1) is 0 Å². The molecule has 2 aromatic heterocycles. The number of hydrogen-bond acceptors (Lipinski definition) is 4. The first-order chi connectivity index (χ1) is 12.2. The van der Waals surface area contributed by atoms with E-state index in [1.807, 2.05) is 48.8 Å². The van der Waals surface area contributed by atoms with E-state index in [0.29, 0.717) is 10.2 Å². The van der Waals surface area contributed by atoms with Gasteiger partial charge in [0.15, 0.2) is 5.82 Å². The smallest absolute Gasteiger partial charge is 0.159 e. The second kappa shape index (κ2) is 7.08. The van der Waals surface area contributed by atoms with Crippen molar-refractivity contribution in [3.05, 3.63) is 75.8 Å². The van der Waals surface area contributed by atoms with Crippen LogP contribution in [-0.4, -0.2) is 26.4 Å². The number of rotatable bonds is 3. The van der Waals surface area contributed by atoms with Crippen LogP contribution in [0.4, 0.5) is 0 Å². The summed E-state index contributed by atoms with van der Waals surface area (Å²) in [5.41, 5.74) is 4.46. The highest BCUT2D eigenvalue weighted by molar-refractivity contribution is 6.30. The zero-order chi connectivity index (χ0) is 17.2. The maximum atomic E-state index is 5.95. The van der Waals surface area contributed by atoms with E-state index in [-0.39, 0.29) is 0 Å². The Bertz CT molecular complexity index is 879. The fourth-order valence-corrected chi connectivity index (χ4v) is 3.24. The van der Waals surface area contributed by atoms with E-state index in [2.05, 4.69) is 14.9 Å². The summed E-state index contributed by atoms with van der Waals surface area (Å²) in [4.78, 5) is 15.8. The third kappa shape index (κ3) is 3.82. The highest BCUT2D eigenvalue weighted by atomic mass is 35.5. The van der Waals surface area contributed by atoms with E-state index in [4.69, 9.17) is 28.2 Å². The Morgan fingerprint density at radius 1 is 0.960 bits per heavy atom. The molecule has 126 valence electrons. The summed E-state index contributed by atoms with van der Waals surface area (Å²) in [5, 5.41) is 1.24. The van der Waals surface area contributed by atoms with Crippen molar-refractivity contribution in [3.8, 4) is 11.4 Å². The number of halogens is 2. The molecule has 1 aliphatic rings. The van der Waals surface area contributed by atoms with Gasteiger partial charge in [0.05, 0.1) is 5.69 Å². The largest absolute Gasteiger partial charge is 0.294 e. The van der Waals surface area contributed by atoms with Crippen molar-refractivity contribution in [1.82, 2.24) is 19.9 Å². The molecule has 0 saturated carbocycles. The second-order valence-electron chi connectivity index (χ2n) is 6.12. The minimum atomic E-state index is 0.524. The molecule has 0 atom stereocenters. The number of fused-ring (bicyclic) bond motifs is 1. The lowest BCUT2D eigenvalue weighted by atomic mass is 10.1. The fraction of sp³-hybridized carbons (Fsp3) is 0.211. The minimum Gasteiger partial charge on any atom is -0.294 e. The summed E-state index contributed by atoms with van der Waals surface area (Å²) >= 11 is 11.8. The van der Waals surface area contributed by atoms with Crippen molar-refractivity contribution in [2.45, 2.75) is 19.5 Å². The average molecular weight is 371 g/mol. The molecule has 0 aliphatic carbocycles. The normalized spacial score (nSPS) is 14.3. The van der Waals surface area contributed by atoms with Gasteiger partial charge in [0.2, 0.25) is 0 Å². The van der Waals surface area contributed by atoms with Crippen LogP contribution in [0.5, 0.6) is 0 Å². The van der Waals surface area contributed by atoms with Crippen LogP contribution in [0.2, 0.25) is 10.2 Å². The molecule has 1 aliphatic heterocycles. The number of nitrogens with zero attached hydrogens (tertiary/aromatic N) is 4. The third-order valence-corrected chi connectivity index (χ3v) is 4.79. The second-order valence-corrected chi connectivity index (χ2v) is 6.95. The lowest BCUT2D eigenvalue weighted by Crippen LogP contribution is -2.31. The highest BCUT2D eigenvalue weighted by Gasteiger charge is 2.19. The minimum absolute atomic E-state index is 0.524. The van der Waals surface area contributed by atoms with Gasteiger partial charge in [0.1, 0.15) is 5.15 Å². The van der Waals surface area contributed by atoms with Crippen LogP contribution in [0.15, 0.2) is 48.8 Å². The zero-order valence-corrected chi connectivity index (χ0v) is 15.0.